The van der Waals surface area contributed by atoms with Gasteiger partial charge in [-0.25, -0.2) is 0 Å². The number of amides is 1. The van der Waals surface area contributed by atoms with Gasteiger partial charge in [0.05, 0.1) is 32.1 Å². The SMILES string of the molecule is COc1ccc(-c2cc(C(=O)NC(C)c3ccc(N4CCOCC4)cc3)nn2C)cc1. The summed E-state index contributed by atoms with van der Waals surface area (Å²) in [5.74, 6) is 0.595. The van der Waals surface area contributed by atoms with Gasteiger partial charge in [-0.05, 0) is 55.0 Å². The van der Waals surface area contributed by atoms with Crippen LogP contribution in [0.25, 0.3) is 11.3 Å². The summed E-state index contributed by atoms with van der Waals surface area (Å²) in [4.78, 5) is 15.1. The lowest BCUT2D eigenvalue weighted by Crippen LogP contribution is -2.36. The second-order valence-corrected chi connectivity index (χ2v) is 7.65. The summed E-state index contributed by atoms with van der Waals surface area (Å²) < 4.78 is 12.3. The van der Waals surface area contributed by atoms with Crippen molar-refractivity contribution in [2.24, 2.45) is 7.05 Å². The Kier molecular flexibility index (Phi) is 6.23. The molecular formula is C24H28N4O3. The summed E-state index contributed by atoms with van der Waals surface area (Å²) in [6, 6.07) is 17.7. The highest BCUT2D eigenvalue weighted by molar-refractivity contribution is 5.93. The maximum Gasteiger partial charge on any atom is 0.272 e. The minimum Gasteiger partial charge on any atom is -0.497 e. The molecule has 0 radical (unpaired) electrons. The monoisotopic (exact) mass is 420 g/mol. The molecule has 2 aromatic carbocycles. The molecule has 7 nitrogen and oxygen atoms in total. The van der Waals surface area contributed by atoms with Gasteiger partial charge in [-0.1, -0.05) is 12.1 Å². The van der Waals surface area contributed by atoms with Crippen LogP contribution in [0, 0.1) is 0 Å². The molecule has 162 valence electrons. The number of methoxy groups -OCH3 is 1. The van der Waals surface area contributed by atoms with Crippen LogP contribution < -0.4 is 15.0 Å². The average Bonchev–Trinajstić information content (AvgIpc) is 3.21. The lowest BCUT2D eigenvalue weighted by Gasteiger charge is -2.29. The first-order chi connectivity index (χ1) is 15.0. The summed E-state index contributed by atoms with van der Waals surface area (Å²) >= 11 is 0. The summed E-state index contributed by atoms with van der Waals surface area (Å²) in [5, 5.41) is 7.46. The predicted octanol–water partition coefficient (Wildman–Crippen LogP) is 3.42. The van der Waals surface area contributed by atoms with Gasteiger partial charge in [-0.2, -0.15) is 5.10 Å². The van der Waals surface area contributed by atoms with E-state index in [1.165, 1.54) is 5.69 Å². The van der Waals surface area contributed by atoms with Crippen LogP contribution in [0.15, 0.2) is 54.6 Å². The van der Waals surface area contributed by atoms with Crippen LogP contribution in [0.1, 0.15) is 29.0 Å². The van der Waals surface area contributed by atoms with E-state index in [1.807, 2.05) is 44.3 Å². The molecule has 1 aliphatic rings. The number of ether oxygens (including phenoxy) is 2. The number of hydrogen-bond donors (Lipinski definition) is 1. The largest absolute Gasteiger partial charge is 0.497 e. The normalized spacial score (nSPS) is 14.9. The first-order valence-corrected chi connectivity index (χ1v) is 10.5. The van der Waals surface area contributed by atoms with Crippen molar-refractivity contribution in [1.29, 1.82) is 0 Å². The maximum atomic E-state index is 12.8. The second-order valence-electron chi connectivity index (χ2n) is 7.65. The Hall–Kier alpha value is -3.32. The molecule has 7 heteroatoms. The Bertz CT molecular complexity index is 1020. The summed E-state index contributed by atoms with van der Waals surface area (Å²) in [6.07, 6.45) is 0. The molecule has 4 rings (SSSR count). The van der Waals surface area contributed by atoms with E-state index in [0.29, 0.717) is 5.69 Å². The summed E-state index contributed by atoms with van der Waals surface area (Å²) in [7, 11) is 3.48. The van der Waals surface area contributed by atoms with Crippen molar-refractivity contribution in [3.8, 4) is 17.0 Å². The van der Waals surface area contributed by atoms with Crippen LogP contribution in [0.2, 0.25) is 0 Å². The number of carbonyl (C=O) groups excluding carboxylic acids is 1. The molecule has 1 saturated heterocycles. The van der Waals surface area contributed by atoms with Crippen LogP contribution >= 0.6 is 0 Å². The van der Waals surface area contributed by atoms with Gasteiger partial charge in [-0.15, -0.1) is 0 Å². The van der Waals surface area contributed by atoms with E-state index >= 15 is 0 Å². The number of hydrogen-bond acceptors (Lipinski definition) is 5. The van der Waals surface area contributed by atoms with Gasteiger partial charge < -0.3 is 19.7 Å². The van der Waals surface area contributed by atoms with E-state index in [0.717, 1.165) is 48.9 Å². The zero-order valence-electron chi connectivity index (χ0n) is 18.2. The fourth-order valence-electron chi connectivity index (χ4n) is 3.76. The van der Waals surface area contributed by atoms with Crippen molar-refractivity contribution in [2.75, 3.05) is 38.3 Å². The van der Waals surface area contributed by atoms with Crippen molar-refractivity contribution in [2.45, 2.75) is 13.0 Å². The Morgan fingerprint density at radius 1 is 1.10 bits per heavy atom. The lowest BCUT2D eigenvalue weighted by atomic mass is 10.1. The zero-order chi connectivity index (χ0) is 21.8. The average molecular weight is 421 g/mol. The Morgan fingerprint density at radius 2 is 1.77 bits per heavy atom. The number of morpholine rings is 1. The number of carbonyl (C=O) groups is 1. The lowest BCUT2D eigenvalue weighted by molar-refractivity contribution is 0.0934. The molecule has 1 amide bonds. The van der Waals surface area contributed by atoms with Gasteiger partial charge in [0.1, 0.15) is 5.75 Å². The molecule has 0 saturated carbocycles. The molecule has 31 heavy (non-hydrogen) atoms. The molecule has 0 spiro atoms. The quantitative estimate of drug-likeness (QED) is 0.662. The number of benzene rings is 2. The van der Waals surface area contributed by atoms with Crippen molar-refractivity contribution in [3.63, 3.8) is 0 Å². The van der Waals surface area contributed by atoms with Gasteiger partial charge in [0.2, 0.25) is 0 Å². The third-order valence-electron chi connectivity index (χ3n) is 5.62. The van der Waals surface area contributed by atoms with Crippen molar-refractivity contribution >= 4 is 11.6 Å². The van der Waals surface area contributed by atoms with Crippen LogP contribution in [-0.4, -0.2) is 49.1 Å². The van der Waals surface area contributed by atoms with Crippen LogP contribution in [0.3, 0.4) is 0 Å². The zero-order valence-corrected chi connectivity index (χ0v) is 18.2. The van der Waals surface area contributed by atoms with E-state index in [-0.39, 0.29) is 11.9 Å². The number of aromatic nitrogens is 2. The number of anilines is 1. The first-order valence-electron chi connectivity index (χ1n) is 10.5. The van der Waals surface area contributed by atoms with Gasteiger partial charge in [0.15, 0.2) is 5.69 Å². The van der Waals surface area contributed by atoms with E-state index in [1.54, 1.807) is 11.8 Å². The molecule has 2 heterocycles. The van der Waals surface area contributed by atoms with Crippen molar-refractivity contribution < 1.29 is 14.3 Å². The topological polar surface area (TPSA) is 68.6 Å². The molecule has 0 bridgehead atoms. The standard InChI is InChI=1S/C24H28N4O3/c1-17(18-4-8-20(9-5-18)28-12-14-31-15-13-28)25-24(29)22-16-23(27(2)26-22)19-6-10-21(30-3)11-7-19/h4-11,16-17H,12-15H2,1-3H3,(H,25,29). The van der Waals surface area contributed by atoms with Gasteiger partial charge in [0.25, 0.3) is 5.91 Å². The first kappa shape index (κ1) is 20.9. The Labute approximate surface area is 182 Å². The second kappa shape index (κ2) is 9.22. The van der Waals surface area contributed by atoms with E-state index in [4.69, 9.17) is 9.47 Å². The van der Waals surface area contributed by atoms with E-state index in [2.05, 4.69) is 39.6 Å². The Morgan fingerprint density at radius 3 is 2.42 bits per heavy atom. The molecule has 1 aromatic heterocycles. The number of aryl methyl sites for hydroxylation is 1. The highest BCUT2D eigenvalue weighted by Crippen LogP contribution is 2.24. The van der Waals surface area contributed by atoms with E-state index < -0.39 is 0 Å². The molecular weight excluding hydrogens is 392 g/mol. The van der Waals surface area contributed by atoms with Crippen LogP contribution in [0.5, 0.6) is 5.75 Å². The molecule has 1 atom stereocenters. The number of nitrogens with one attached hydrogen (secondary N) is 1. The smallest absolute Gasteiger partial charge is 0.272 e. The minimum absolute atomic E-state index is 0.127. The highest BCUT2D eigenvalue weighted by Gasteiger charge is 2.17. The number of rotatable bonds is 6. The fourth-order valence-corrected chi connectivity index (χ4v) is 3.76. The molecule has 1 fully saturated rings. The molecule has 0 aliphatic carbocycles. The third-order valence-corrected chi connectivity index (χ3v) is 5.62. The van der Waals surface area contributed by atoms with Crippen molar-refractivity contribution in [1.82, 2.24) is 15.1 Å². The van der Waals surface area contributed by atoms with Gasteiger partial charge in [-0.3, -0.25) is 9.48 Å². The minimum atomic E-state index is -0.194. The summed E-state index contributed by atoms with van der Waals surface area (Å²) in [5.41, 5.74) is 4.47. The summed E-state index contributed by atoms with van der Waals surface area (Å²) in [6.45, 7) is 5.31. The molecule has 1 unspecified atom stereocenters. The van der Waals surface area contributed by atoms with Crippen molar-refractivity contribution in [3.05, 3.63) is 65.9 Å². The van der Waals surface area contributed by atoms with Gasteiger partial charge in [0, 0.05) is 31.4 Å². The van der Waals surface area contributed by atoms with Crippen LogP contribution in [-0.2, 0) is 11.8 Å². The molecule has 1 aliphatic heterocycles. The fraction of sp³-hybridized carbons (Fsp3) is 0.333. The molecule has 1 N–H and O–H groups in total. The number of nitrogens with zero attached hydrogens (tertiary/aromatic N) is 3. The maximum absolute atomic E-state index is 12.8. The van der Waals surface area contributed by atoms with Crippen LogP contribution in [0.4, 0.5) is 5.69 Å². The van der Waals surface area contributed by atoms with E-state index in [9.17, 15) is 4.79 Å². The predicted molar refractivity (Wildman–Crippen MR) is 121 cm³/mol. The van der Waals surface area contributed by atoms with Gasteiger partial charge >= 0.3 is 0 Å². The Balaban J connectivity index is 1.42. The third kappa shape index (κ3) is 4.72. The highest BCUT2D eigenvalue weighted by atomic mass is 16.5. The molecule has 3 aromatic rings.